The zero-order valence-electron chi connectivity index (χ0n) is 10.3. The number of aliphatic hydroxyl groups is 2. The van der Waals surface area contributed by atoms with Crippen molar-refractivity contribution in [3.8, 4) is 0 Å². The number of hydrogen-bond acceptors (Lipinski definition) is 7. The van der Waals surface area contributed by atoms with Crippen LogP contribution in [0, 0.1) is 5.92 Å². The van der Waals surface area contributed by atoms with E-state index in [1.807, 2.05) is 6.92 Å². The molecule has 0 aliphatic carbocycles. The number of hydrogen-bond donors (Lipinski definition) is 3. The monoisotopic (exact) mass is 265 g/mol. The molecular formula is C11H15N5O3. The maximum atomic E-state index is 10.2. The molecule has 1 unspecified atom stereocenters. The van der Waals surface area contributed by atoms with Crippen molar-refractivity contribution in [2.24, 2.45) is 5.92 Å². The van der Waals surface area contributed by atoms with Crippen molar-refractivity contribution < 1.29 is 14.9 Å². The molecule has 1 aliphatic heterocycles. The Balaban J connectivity index is 2.04. The quantitative estimate of drug-likeness (QED) is 0.656. The van der Waals surface area contributed by atoms with Crippen LogP contribution in [0.15, 0.2) is 12.7 Å². The first-order valence-corrected chi connectivity index (χ1v) is 6.01. The molecule has 4 N–H and O–H groups in total. The first-order valence-electron chi connectivity index (χ1n) is 6.01. The van der Waals surface area contributed by atoms with Gasteiger partial charge < -0.3 is 20.7 Å². The maximum absolute atomic E-state index is 10.2. The van der Waals surface area contributed by atoms with E-state index in [0.29, 0.717) is 11.2 Å². The van der Waals surface area contributed by atoms with Gasteiger partial charge in [-0.25, -0.2) is 15.0 Å². The Bertz CT molecular complexity index is 601. The number of rotatable bonds is 2. The lowest BCUT2D eigenvalue weighted by atomic mass is 10.0. The van der Waals surface area contributed by atoms with Crippen LogP contribution >= 0.6 is 0 Å². The molecule has 102 valence electrons. The SMILES string of the molecule is C[C@@H]1[C@@H](CO)OC(n2cnc3c(N)ncnc32)[C@@H]1O. The molecule has 0 radical (unpaired) electrons. The van der Waals surface area contributed by atoms with Crippen LogP contribution in [-0.4, -0.2) is 48.5 Å². The number of fused-ring (bicyclic) bond motifs is 1. The maximum Gasteiger partial charge on any atom is 0.167 e. The van der Waals surface area contributed by atoms with E-state index >= 15 is 0 Å². The van der Waals surface area contributed by atoms with E-state index in [1.165, 1.54) is 12.7 Å². The number of nitrogens with zero attached hydrogens (tertiary/aromatic N) is 4. The predicted molar refractivity (Wildman–Crippen MR) is 65.9 cm³/mol. The van der Waals surface area contributed by atoms with Gasteiger partial charge in [-0.3, -0.25) is 4.57 Å². The van der Waals surface area contributed by atoms with Crippen molar-refractivity contribution in [3.05, 3.63) is 12.7 Å². The van der Waals surface area contributed by atoms with Crippen LogP contribution in [-0.2, 0) is 4.74 Å². The fourth-order valence-corrected chi connectivity index (χ4v) is 2.36. The molecule has 0 spiro atoms. The van der Waals surface area contributed by atoms with Crippen molar-refractivity contribution in [2.45, 2.75) is 25.4 Å². The van der Waals surface area contributed by atoms with Crippen LogP contribution in [0.3, 0.4) is 0 Å². The highest BCUT2D eigenvalue weighted by Crippen LogP contribution is 2.35. The number of imidazole rings is 1. The molecule has 2 aromatic heterocycles. The van der Waals surface area contributed by atoms with Crippen LogP contribution in [0.5, 0.6) is 0 Å². The minimum atomic E-state index is -0.745. The summed E-state index contributed by atoms with van der Waals surface area (Å²) in [7, 11) is 0. The summed E-state index contributed by atoms with van der Waals surface area (Å²) in [6.07, 6.45) is 1.06. The van der Waals surface area contributed by atoms with E-state index < -0.39 is 18.4 Å². The second kappa shape index (κ2) is 4.41. The van der Waals surface area contributed by atoms with Gasteiger partial charge in [-0.1, -0.05) is 6.92 Å². The smallest absolute Gasteiger partial charge is 0.167 e. The van der Waals surface area contributed by atoms with E-state index in [4.69, 9.17) is 10.5 Å². The van der Waals surface area contributed by atoms with Gasteiger partial charge in [0.25, 0.3) is 0 Å². The average Bonchev–Trinajstić information content (AvgIpc) is 2.94. The third-order valence-electron chi connectivity index (χ3n) is 3.57. The summed E-state index contributed by atoms with van der Waals surface area (Å²) in [5.74, 6) is 0.106. The summed E-state index contributed by atoms with van der Waals surface area (Å²) in [6.45, 7) is 1.69. The van der Waals surface area contributed by atoms with Crippen molar-refractivity contribution in [2.75, 3.05) is 12.3 Å². The Hall–Kier alpha value is -1.77. The summed E-state index contributed by atoms with van der Waals surface area (Å²) in [4.78, 5) is 12.1. The molecule has 0 aromatic carbocycles. The Morgan fingerprint density at radius 2 is 2.21 bits per heavy atom. The van der Waals surface area contributed by atoms with Crippen LogP contribution in [0.25, 0.3) is 11.2 Å². The Morgan fingerprint density at radius 3 is 2.89 bits per heavy atom. The van der Waals surface area contributed by atoms with Gasteiger partial charge >= 0.3 is 0 Å². The van der Waals surface area contributed by atoms with E-state index in [9.17, 15) is 10.2 Å². The summed E-state index contributed by atoms with van der Waals surface area (Å²) < 4.78 is 7.26. The van der Waals surface area contributed by atoms with Gasteiger partial charge in [0.2, 0.25) is 0 Å². The molecular weight excluding hydrogens is 250 g/mol. The number of anilines is 1. The highest BCUT2D eigenvalue weighted by molar-refractivity contribution is 5.81. The highest BCUT2D eigenvalue weighted by atomic mass is 16.5. The van der Waals surface area contributed by atoms with E-state index in [2.05, 4.69) is 15.0 Å². The zero-order valence-corrected chi connectivity index (χ0v) is 10.3. The predicted octanol–water partition coefficient (Wildman–Crippen LogP) is -0.705. The molecule has 8 nitrogen and oxygen atoms in total. The van der Waals surface area contributed by atoms with Crippen molar-refractivity contribution in [1.82, 2.24) is 19.5 Å². The highest BCUT2D eigenvalue weighted by Gasteiger charge is 2.42. The van der Waals surface area contributed by atoms with Crippen molar-refractivity contribution >= 4 is 17.0 Å². The van der Waals surface area contributed by atoms with Gasteiger partial charge in [-0.15, -0.1) is 0 Å². The number of ether oxygens (including phenoxy) is 1. The molecule has 1 fully saturated rings. The molecule has 3 rings (SSSR count). The Labute approximate surface area is 108 Å². The molecule has 1 saturated heterocycles. The van der Waals surface area contributed by atoms with Gasteiger partial charge in [0.05, 0.1) is 19.0 Å². The lowest BCUT2D eigenvalue weighted by molar-refractivity contribution is -0.0491. The standard InChI is InChI=1S/C11H15N5O3/c1-5-6(2-17)19-11(8(5)18)16-4-15-7-9(12)13-3-14-10(7)16/h3-6,8,11,17-18H,2H2,1H3,(H2,12,13,14)/t5-,6-,8-,11?/m1/s1. The zero-order chi connectivity index (χ0) is 13.6. The number of nitrogens with two attached hydrogens (primary N) is 1. The second-order valence-electron chi connectivity index (χ2n) is 4.68. The Kier molecular flexibility index (Phi) is 2.85. The average molecular weight is 265 g/mol. The number of aromatic nitrogens is 4. The lowest BCUT2D eigenvalue weighted by Crippen LogP contribution is -2.25. The van der Waals surface area contributed by atoms with E-state index in [-0.39, 0.29) is 18.3 Å². The molecule has 0 saturated carbocycles. The van der Waals surface area contributed by atoms with Gasteiger partial charge in [0.15, 0.2) is 17.7 Å². The minimum absolute atomic E-state index is 0.140. The second-order valence-corrected chi connectivity index (χ2v) is 4.68. The first kappa shape index (κ1) is 12.3. The molecule has 4 atom stereocenters. The number of aliphatic hydroxyl groups excluding tert-OH is 2. The summed E-state index contributed by atoms with van der Waals surface area (Å²) in [6, 6.07) is 0. The van der Waals surface area contributed by atoms with Crippen LogP contribution < -0.4 is 5.73 Å². The van der Waals surface area contributed by atoms with Gasteiger partial charge in [0.1, 0.15) is 17.9 Å². The third kappa shape index (κ3) is 1.76. The third-order valence-corrected chi connectivity index (χ3v) is 3.57. The minimum Gasteiger partial charge on any atom is -0.394 e. The van der Waals surface area contributed by atoms with Crippen LogP contribution in [0.4, 0.5) is 5.82 Å². The number of nitrogen functional groups attached to an aromatic ring is 1. The normalized spacial score (nSPS) is 31.1. The van der Waals surface area contributed by atoms with Gasteiger partial charge in [0, 0.05) is 5.92 Å². The lowest BCUT2D eigenvalue weighted by Gasteiger charge is -2.16. The van der Waals surface area contributed by atoms with Crippen LogP contribution in [0.2, 0.25) is 0 Å². The molecule has 19 heavy (non-hydrogen) atoms. The summed E-state index contributed by atoms with van der Waals surface area (Å²) in [5.41, 5.74) is 6.69. The summed E-state index contributed by atoms with van der Waals surface area (Å²) in [5, 5.41) is 19.4. The molecule has 0 amide bonds. The fraction of sp³-hybridized carbons (Fsp3) is 0.545. The fourth-order valence-electron chi connectivity index (χ4n) is 2.36. The van der Waals surface area contributed by atoms with E-state index in [0.717, 1.165) is 0 Å². The molecule has 2 aromatic rings. The molecule has 0 bridgehead atoms. The molecule has 3 heterocycles. The van der Waals surface area contributed by atoms with Gasteiger partial charge in [-0.05, 0) is 0 Å². The van der Waals surface area contributed by atoms with Crippen molar-refractivity contribution in [3.63, 3.8) is 0 Å². The largest absolute Gasteiger partial charge is 0.394 e. The van der Waals surface area contributed by atoms with E-state index in [1.54, 1.807) is 4.57 Å². The Morgan fingerprint density at radius 1 is 1.42 bits per heavy atom. The molecule has 8 heteroatoms. The van der Waals surface area contributed by atoms with Gasteiger partial charge in [-0.2, -0.15) is 0 Å². The van der Waals surface area contributed by atoms with Crippen molar-refractivity contribution in [1.29, 1.82) is 0 Å². The summed E-state index contributed by atoms with van der Waals surface area (Å²) >= 11 is 0. The molecule has 1 aliphatic rings. The van der Waals surface area contributed by atoms with Crippen LogP contribution in [0.1, 0.15) is 13.2 Å². The topological polar surface area (TPSA) is 119 Å². The first-order chi connectivity index (χ1) is 9.13.